The summed E-state index contributed by atoms with van der Waals surface area (Å²) in [6.07, 6.45) is 8.67. The number of ether oxygens (including phenoxy) is 2. The van der Waals surface area contributed by atoms with Gasteiger partial charge in [-0.2, -0.15) is 5.10 Å². The highest BCUT2D eigenvalue weighted by atomic mass is 16.5. The van der Waals surface area contributed by atoms with Gasteiger partial charge < -0.3 is 14.8 Å². The molecule has 1 aliphatic heterocycles. The highest BCUT2D eigenvalue weighted by Gasteiger charge is 2.30. The molecule has 1 atom stereocenters. The smallest absolute Gasteiger partial charge is 0.184 e. The second-order valence-electron chi connectivity index (χ2n) is 9.48. The van der Waals surface area contributed by atoms with Gasteiger partial charge in [0.15, 0.2) is 17.2 Å². The number of aryl methyl sites for hydroxylation is 1. The van der Waals surface area contributed by atoms with Crippen molar-refractivity contribution in [1.82, 2.24) is 29.3 Å². The van der Waals surface area contributed by atoms with E-state index in [4.69, 9.17) is 19.4 Å². The summed E-state index contributed by atoms with van der Waals surface area (Å²) in [5, 5.41) is 7.94. The number of para-hydroxylation sites is 1. The maximum atomic E-state index is 12.7. The molecule has 4 aromatic rings. The van der Waals surface area contributed by atoms with Gasteiger partial charge in [-0.3, -0.25) is 14.0 Å². The summed E-state index contributed by atoms with van der Waals surface area (Å²) in [5.74, 6) is 1.62. The first-order chi connectivity index (χ1) is 17.6. The van der Waals surface area contributed by atoms with E-state index in [0.717, 1.165) is 66.9 Å². The normalized spacial score (nSPS) is 17.9. The van der Waals surface area contributed by atoms with Crippen LogP contribution in [-0.2, 0) is 23.0 Å². The molecule has 0 amide bonds. The van der Waals surface area contributed by atoms with E-state index < -0.39 is 0 Å². The number of nitrogens with zero attached hydrogens (tertiary/aromatic N) is 6. The standard InChI is InChI=1S/C26H29N7O3/c1-32-14-28-25(31-32)18-6-5-7-19(24(18)35-2)30-20-12-17(13-21(34)16-9-10-16)29-26-23(20)27-15-33(26)22-8-3-4-11-36-22/h5-7,12,14-16,22H,3-4,8-11,13H2,1-2H3,(H,29,30). The molecule has 1 saturated heterocycles. The van der Waals surface area contributed by atoms with Gasteiger partial charge in [0.2, 0.25) is 0 Å². The van der Waals surface area contributed by atoms with Crippen LogP contribution in [0.25, 0.3) is 22.6 Å². The molecule has 2 fully saturated rings. The lowest BCUT2D eigenvalue weighted by Crippen LogP contribution is -2.18. The van der Waals surface area contributed by atoms with E-state index in [0.29, 0.717) is 23.6 Å². The highest BCUT2D eigenvalue weighted by molar-refractivity contribution is 5.92. The lowest BCUT2D eigenvalue weighted by molar-refractivity contribution is -0.119. The maximum Gasteiger partial charge on any atom is 0.184 e. The number of carbonyl (C=O) groups excluding carboxylic acids is 1. The van der Waals surface area contributed by atoms with E-state index in [1.165, 1.54) is 0 Å². The second kappa shape index (κ2) is 9.34. The van der Waals surface area contributed by atoms with E-state index in [1.54, 1.807) is 24.4 Å². The van der Waals surface area contributed by atoms with Crippen molar-refractivity contribution in [2.24, 2.45) is 13.0 Å². The Bertz CT molecular complexity index is 1420. The van der Waals surface area contributed by atoms with Crippen molar-refractivity contribution in [3.8, 4) is 17.1 Å². The van der Waals surface area contributed by atoms with Crippen molar-refractivity contribution in [3.05, 3.63) is 42.6 Å². The number of benzene rings is 1. The maximum absolute atomic E-state index is 12.7. The van der Waals surface area contributed by atoms with Gasteiger partial charge in [0.25, 0.3) is 0 Å². The lowest BCUT2D eigenvalue weighted by atomic mass is 10.1. The Morgan fingerprint density at radius 1 is 1.17 bits per heavy atom. The average molecular weight is 488 g/mol. The van der Waals surface area contributed by atoms with Crippen molar-refractivity contribution in [2.45, 2.75) is 44.8 Å². The molecule has 2 aliphatic rings. The zero-order valence-electron chi connectivity index (χ0n) is 20.5. The minimum Gasteiger partial charge on any atom is -0.494 e. The third-order valence-corrected chi connectivity index (χ3v) is 6.77. The van der Waals surface area contributed by atoms with Gasteiger partial charge in [-0.15, -0.1) is 0 Å². The molecule has 0 bridgehead atoms. The summed E-state index contributed by atoms with van der Waals surface area (Å²) >= 11 is 0. The van der Waals surface area contributed by atoms with E-state index in [-0.39, 0.29) is 17.9 Å². The number of methoxy groups -OCH3 is 1. The van der Waals surface area contributed by atoms with Crippen LogP contribution in [0.4, 0.5) is 11.4 Å². The Morgan fingerprint density at radius 3 is 2.78 bits per heavy atom. The number of rotatable bonds is 8. The zero-order valence-corrected chi connectivity index (χ0v) is 20.5. The van der Waals surface area contributed by atoms with Crippen LogP contribution in [0.1, 0.15) is 44.0 Å². The summed E-state index contributed by atoms with van der Waals surface area (Å²) in [5.41, 5.74) is 4.44. The number of fused-ring (bicyclic) bond motifs is 1. The fourth-order valence-electron chi connectivity index (χ4n) is 4.77. The molecule has 0 spiro atoms. The number of hydrogen-bond donors (Lipinski definition) is 1. The number of imidazole rings is 1. The van der Waals surface area contributed by atoms with Crippen LogP contribution in [0.15, 0.2) is 36.9 Å². The van der Waals surface area contributed by atoms with Crippen molar-refractivity contribution < 1.29 is 14.3 Å². The molecule has 10 nitrogen and oxygen atoms in total. The Balaban J connectivity index is 1.42. The van der Waals surface area contributed by atoms with Gasteiger partial charge >= 0.3 is 0 Å². The van der Waals surface area contributed by atoms with Crippen LogP contribution in [0, 0.1) is 5.92 Å². The van der Waals surface area contributed by atoms with Crippen LogP contribution in [0.3, 0.4) is 0 Å². The average Bonchev–Trinajstić information content (AvgIpc) is 3.53. The van der Waals surface area contributed by atoms with Crippen molar-refractivity contribution in [3.63, 3.8) is 0 Å². The Hall–Kier alpha value is -3.79. The van der Waals surface area contributed by atoms with E-state index >= 15 is 0 Å². The molecule has 1 N–H and O–H groups in total. The first-order valence-electron chi connectivity index (χ1n) is 12.4. The van der Waals surface area contributed by atoms with Gasteiger partial charge in [-0.05, 0) is 50.3 Å². The molecule has 36 heavy (non-hydrogen) atoms. The molecule has 1 aliphatic carbocycles. The van der Waals surface area contributed by atoms with Crippen LogP contribution in [0.5, 0.6) is 5.75 Å². The fraction of sp³-hybridized carbons (Fsp3) is 0.423. The number of carbonyl (C=O) groups is 1. The van der Waals surface area contributed by atoms with Crippen molar-refractivity contribution in [1.29, 1.82) is 0 Å². The minimum absolute atomic E-state index is 0.105. The first-order valence-corrected chi connectivity index (χ1v) is 12.4. The number of ketones is 1. The number of aromatic nitrogens is 6. The summed E-state index contributed by atoms with van der Waals surface area (Å²) < 4.78 is 15.5. The molecular formula is C26H29N7O3. The predicted molar refractivity (Wildman–Crippen MR) is 134 cm³/mol. The fourth-order valence-corrected chi connectivity index (χ4v) is 4.77. The van der Waals surface area contributed by atoms with Crippen LogP contribution in [0.2, 0.25) is 0 Å². The molecule has 186 valence electrons. The number of nitrogens with one attached hydrogen (secondary N) is 1. The molecule has 0 radical (unpaired) electrons. The number of Topliss-reactive ketones (excluding diaryl/α,β-unsaturated/α-hetero) is 1. The van der Waals surface area contributed by atoms with Gasteiger partial charge in [-0.1, -0.05) is 6.07 Å². The summed E-state index contributed by atoms with van der Waals surface area (Å²) in [7, 11) is 3.46. The Labute approximate surface area is 208 Å². The van der Waals surface area contributed by atoms with Gasteiger partial charge in [0, 0.05) is 26.0 Å². The van der Waals surface area contributed by atoms with E-state index in [9.17, 15) is 4.79 Å². The third kappa shape index (κ3) is 4.32. The third-order valence-electron chi connectivity index (χ3n) is 6.77. The predicted octanol–water partition coefficient (Wildman–Crippen LogP) is 4.20. The Morgan fingerprint density at radius 2 is 2.06 bits per heavy atom. The number of anilines is 2. The largest absolute Gasteiger partial charge is 0.494 e. The van der Waals surface area contributed by atoms with Crippen molar-refractivity contribution >= 4 is 28.3 Å². The quantitative estimate of drug-likeness (QED) is 0.394. The van der Waals surface area contributed by atoms with Gasteiger partial charge in [0.1, 0.15) is 23.9 Å². The first kappa shape index (κ1) is 22.7. The van der Waals surface area contributed by atoms with Gasteiger partial charge in [-0.25, -0.2) is 15.0 Å². The highest BCUT2D eigenvalue weighted by Crippen LogP contribution is 2.38. The Kier molecular flexibility index (Phi) is 5.88. The molecule has 1 aromatic carbocycles. The number of hydrogen-bond acceptors (Lipinski definition) is 8. The summed E-state index contributed by atoms with van der Waals surface area (Å²) in [6, 6.07) is 7.72. The molecule has 3 aromatic heterocycles. The molecule has 6 rings (SSSR count). The summed E-state index contributed by atoms with van der Waals surface area (Å²) in [4.78, 5) is 26.6. The van der Waals surface area contributed by atoms with Gasteiger partial charge in [0.05, 0.1) is 36.1 Å². The van der Waals surface area contributed by atoms with E-state index in [1.807, 2.05) is 35.9 Å². The van der Waals surface area contributed by atoms with E-state index in [2.05, 4.69) is 15.4 Å². The topological polar surface area (TPSA) is 109 Å². The minimum atomic E-state index is -0.105. The molecule has 10 heteroatoms. The zero-order chi connectivity index (χ0) is 24.6. The second-order valence-corrected chi connectivity index (χ2v) is 9.48. The molecule has 4 heterocycles. The molecule has 1 saturated carbocycles. The summed E-state index contributed by atoms with van der Waals surface area (Å²) in [6.45, 7) is 0.723. The van der Waals surface area contributed by atoms with Crippen molar-refractivity contribution in [2.75, 3.05) is 19.0 Å². The SMILES string of the molecule is COc1c(Nc2cc(CC(=O)C3CC3)nc3c2ncn3C2CCCCO2)cccc1-c1ncn(C)n1. The molecule has 1 unspecified atom stereocenters. The monoisotopic (exact) mass is 487 g/mol. The molecular weight excluding hydrogens is 458 g/mol. The van der Waals surface area contributed by atoms with Crippen LogP contribution in [-0.4, -0.2) is 48.8 Å². The van der Waals surface area contributed by atoms with Crippen LogP contribution < -0.4 is 10.1 Å². The number of pyridine rings is 1. The lowest BCUT2D eigenvalue weighted by Gasteiger charge is -2.24. The van der Waals surface area contributed by atoms with Crippen LogP contribution >= 0.6 is 0 Å².